The van der Waals surface area contributed by atoms with E-state index >= 15 is 0 Å². The van der Waals surface area contributed by atoms with Crippen molar-refractivity contribution in [3.8, 4) is 0 Å². The molecule has 0 saturated carbocycles. The molecule has 0 aliphatic rings. The van der Waals surface area contributed by atoms with Crippen LogP contribution in [0.3, 0.4) is 0 Å². The van der Waals surface area contributed by atoms with Crippen LogP contribution in [0.15, 0.2) is 39.5 Å². The van der Waals surface area contributed by atoms with Crippen LogP contribution in [0.4, 0.5) is 10.8 Å². The molecule has 0 aliphatic heterocycles. The van der Waals surface area contributed by atoms with Crippen molar-refractivity contribution in [2.24, 2.45) is 10.3 Å². The van der Waals surface area contributed by atoms with Gasteiger partial charge in [-0.3, -0.25) is 0 Å². The molecule has 0 unspecified atom stereocenters. The first-order valence-corrected chi connectivity index (χ1v) is 7.33. The minimum absolute atomic E-state index is 0.740. The maximum atomic E-state index is 4.76. The molecular weight excluding hydrogens is 296 g/mol. The van der Waals surface area contributed by atoms with Crippen molar-refractivity contribution in [2.75, 3.05) is 12.5 Å². The van der Waals surface area contributed by atoms with Gasteiger partial charge in [-0.25, -0.2) is 15.3 Å². The van der Waals surface area contributed by atoms with Crippen LogP contribution in [0.1, 0.15) is 10.6 Å². The minimum atomic E-state index is 0.740. The van der Waals surface area contributed by atoms with Crippen LogP contribution >= 0.6 is 23.4 Å². The van der Waals surface area contributed by atoms with Gasteiger partial charge in [-0.2, -0.15) is 4.33 Å². The lowest BCUT2D eigenvalue weighted by molar-refractivity contribution is -0.160. The van der Waals surface area contributed by atoms with Gasteiger partial charge in [-0.1, -0.05) is 5.22 Å². The molecule has 0 saturated heterocycles. The highest BCUT2D eigenvalue weighted by Crippen LogP contribution is 2.24. The largest absolute Gasteiger partial charge is 0.234 e. The van der Waals surface area contributed by atoms with Crippen molar-refractivity contribution in [1.82, 2.24) is 4.98 Å². The summed E-state index contributed by atoms with van der Waals surface area (Å²) in [6.45, 7) is 3.99. The fourth-order valence-electron chi connectivity index (χ4n) is 1.29. The van der Waals surface area contributed by atoms with E-state index in [1.807, 2.05) is 38.1 Å². The molecule has 1 N–H and O–H groups in total. The van der Waals surface area contributed by atoms with Gasteiger partial charge in [0.05, 0.1) is 30.5 Å². The van der Waals surface area contributed by atoms with Crippen molar-refractivity contribution in [1.29, 1.82) is 0 Å². The first-order chi connectivity index (χ1) is 9.69. The Balaban J connectivity index is 1.90. The van der Waals surface area contributed by atoms with Crippen LogP contribution < -0.4 is 5.43 Å². The molecule has 0 aliphatic carbocycles. The maximum Gasteiger partial charge on any atom is 0.205 e. The van der Waals surface area contributed by atoms with Crippen molar-refractivity contribution < 1.29 is 9.22 Å². The highest BCUT2D eigenvalue weighted by atomic mass is 32.2. The lowest BCUT2D eigenvalue weighted by Gasteiger charge is -1.98. The molecule has 2 aromatic rings. The number of aromatic nitrogens is 1. The van der Waals surface area contributed by atoms with Gasteiger partial charge in [0.25, 0.3) is 0 Å². The van der Waals surface area contributed by atoms with Gasteiger partial charge < -0.3 is 0 Å². The first-order valence-electron chi connectivity index (χ1n) is 5.77. The molecule has 106 valence electrons. The number of nitrogens with zero attached hydrogens (tertiary/aromatic N) is 3. The van der Waals surface area contributed by atoms with E-state index in [-0.39, 0.29) is 0 Å². The van der Waals surface area contributed by atoms with Crippen LogP contribution in [0.25, 0.3) is 0 Å². The second-order valence-corrected chi connectivity index (χ2v) is 5.76. The average Bonchev–Trinajstić information content (AvgIpc) is 2.77. The van der Waals surface area contributed by atoms with Gasteiger partial charge in [0, 0.05) is 9.77 Å². The Bertz CT molecular complexity index is 564. The Kier molecular flexibility index (Phi) is 5.48. The monoisotopic (exact) mass is 310 g/mol. The molecule has 0 bridgehead atoms. The lowest BCUT2D eigenvalue weighted by Crippen LogP contribution is -1.84. The molecule has 2 rings (SSSR count). The number of hydrogen-bond acceptors (Lipinski definition) is 7. The van der Waals surface area contributed by atoms with Gasteiger partial charge in [0.15, 0.2) is 0 Å². The van der Waals surface area contributed by atoms with E-state index < -0.39 is 0 Å². The average molecular weight is 310 g/mol. The van der Waals surface area contributed by atoms with Gasteiger partial charge in [0.1, 0.15) is 0 Å². The predicted octanol–water partition coefficient (Wildman–Crippen LogP) is 4.46. The van der Waals surface area contributed by atoms with Crippen molar-refractivity contribution >= 4 is 34.2 Å². The Morgan fingerprint density at radius 2 is 2.00 bits per heavy atom. The summed E-state index contributed by atoms with van der Waals surface area (Å²) in [6.07, 6.45) is 0. The summed E-state index contributed by atoms with van der Waals surface area (Å²) in [5.74, 6) is 0. The molecule has 0 atom stereocenters. The quantitative estimate of drug-likeness (QED) is 0.369. The number of benzene rings is 1. The molecule has 1 aromatic carbocycles. The van der Waals surface area contributed by atoms with Gasteiger partial charge in [-0.15, -0.1) is 16.5 Å². The molecule has 1 aromatic heterocycles. The van der Waals surface area contributed by atoms with E-state index in [1.165, 1.54) is 12.0 Å². The Hall–Kier alpha value is -1.48. The zero-order valence-electron chi connectivity index (χ0n) is 11.3. The molecular formula is C12H14N4O2S2. The molecule has 0 fully saturated rings. The normalized spacial score (nSPS) is 11.2. The van der Waals surface area contributed by atoms with Crippen LogP contribution in [-0.2, 0) is 9.22 Å². The van der Waals surface area contributed by atoms with Crippen LogP contribution in [-0.4, -0.2) is 12.1 Å². The second-order valence-electron chi connectivity index (χ2n) is 3.78. The van der Waals surface area contributed by atoms with E-state index in [0.29, 0.717) is 0 Å². The van der Waals surface area contributed by atoms with E-state index in [9.17, 15) is 0 Å². The Morgan fingerprint density at radius 1 is 1.25 bits per heavy atom. The number of thiazole rings is 1. The molecule has 20 heavy (non-hydrogen) atoms. The number of anilines is 1. The SMILES string of the molecule is COOSc1ccc(N=NNc2nc(C)c(C)s2)cc1. The second kappa shape index (κ2) is 7.34. The number of hydrogen-bond donors (Lipinski definition) is 1. The summed E-state index contributed by atoms with van der Waals surface area (Å²) >= 11 is 2.69. The third-order valence-electron chi connectivity index (χ3n) is 2.37. The van der Waals surface area contributed by atoms with Crippen molar-refractivity contribution in [2.45, 2.75) is 18.7 Å². The lowest BCUT2D eigenvalue weighted by atomic mass is 10.3. The predicted molar refractivity (Wildman–Crippen MR) is 80.1 cm³/mol. The summed E-state index contributed by atoms with van der Waals surface area (Å²) in [5.41, 5.74) is 4.57. The summed E-state index contributed by atoms with van der Waals surface area (Å²) in [6, 6.07) is 7.42. The fourth-order valence-corrected chi connectivity index (χ4v) is 2.43. The van der Waals surface area contributed by atoms with Crippen LogP contribution in [0.2, 0.25) is 0 Å². The summed E-state index contributed by atoms with van der Waals surface area (Å²) < 4.78 is 4.76. The Morgan fingerprint density at radius 3 is 2.60 bits per heavy atom. The molecule has 8 heteroatoms. The molecule has 1 heterocycles. The zero-order chi connectivity index (χ0) is 14.4. The van der Waals surface area contributed by atoms with Gasteiger partial charge >= 0.3 is 0 Å². The smallest absolute Gasteiger partial charge is 0.205 e. The van der Waals surface area contributed by atoms with E-state index in [0.717, 1.165) is 33.5 Å². The molecule has 6 nitrogen and oxygen atoms in total. The summed E-state index contributed by atoms with van der Waals surface area (Å²) in [5, 5.41) is 8.72. The standard InChI is InChI=1S/C12H14N4O2S2/c1-8-9(2)19-12(13-8)15-16-14-10-4-6-11(7-5-10)20-18-17-3/h4-7H,1-3H3,(H,13,14,15). The topological polar surface area (TPSA) is 68.1 Å². The van der Waals surface area contributed by atoms with E-state index in [4.69, 9.17) is 4.33 Å². The highest BCUT2D eigenvalue weighted by Gasteiger charge is 2.01. The van der Waals surface area contributed by atoms with Gasteiger partial charge in [0.2, 0.25) is 5.13 Å². The highest BCUT2D eigenvalue weighted by molar-refractivity contribution is 7.94. The zero-order valence-corrected chi connectivity index (χ0v) is 12.9. The van der Waals surface area contributed by atoms with Crippen LogP contribution in [0.5, 0.6) is 0 Å². The third kappa shape index (κ3) is 4.27. The van der Waals surface area contributed by atoms with E-state index in [1.54, 1.807) is 11.3 Å². The fraction of sp³-hybridized carbons (Fsp3) is 0.250. The van der Waals surface area contributed by atoms with Gasteiger partial charge in [-0.05, 0) is 38.1 Å². The van der Waals surface area contributed by atoms with Crippen molar-refractivity contribution in [3.63, 3.8) is 0 Å². The first kappa shape index (κ1) is 14.9. The van der Waals surface area contributed by atoms with Crippen molar-refractivity contribution in [3.05, 3.63) is 34.8 Å². The third-order valence-corrected chi connectivity index (χ3v) is 4.02. The number of rotatable bonds is 6. The maximum absolute atomic E-state index is 4.76. The number of nitrogens with one attached hydrogen (secondary N) is 1. The van der Waals surface area contributed by atoms with Crippen LogP contribution in [0, 0.1) is 13.8 Å². The number of aryl methyl sites for hydroxylation is 2. The summed E-state index contributed by atoms with van der Waals surface area (Å²) in [4.78, 5) is 10.9. The summed E-state index contributed by atoms with van der Waals surface area (Å²) in [7, 11) is 1.46. The van der Waals surface area contributed by atoms with E-state index in [2.05, 4.69) is 25.6 Å². The molecule has 0 radical (unpaired) electrons. The molecule has 0 spiro atoms. The minimum Gasteiger partial charge on any atom is -0.234 e. The Labute approximate surface area is 125 Å². The molecule has 0 amide bonds.